The third-order valence-electron chi connectivity index (χ3n) is 5.26. The van der Waals surface area contributed by atoms with Crippen LogP contribution in [0.25, 0.3) is 5.76 Å². The Kier molecular flexibility index (Phi) is 6.79. The van der Waals surface area contributed by atoms with Crippen LogP contribution in [0.4, 0.5) is 5.69 Å². The molecular formula is C26H25NO5S. The van der Waals surface area contributed by atoms with Gasteiger partial charge < -0.3 is 14.6 Å². The van der Waals surface area contributed by atoms with E-state index in [9.17, 15) is 14.7 Å². The molecule has 1 N–H and O–H groups in total. The maximum atomic E-state index is 13.2. The second kappa shape index (κ2) is 9.92. The van der Waals surface area contributed by atoms with E-state index in [4.69, 9.17) is 9.47 Å². The fourth-order valence-corrected chi connectivity index (χ4v) is 4.61. The molecule has 7 heteroatoms. The molecule has 1 aromatic heterocycles. The SMILES string of the molecule is CCCOc1ccc(/C(O)=C2/C(=O)C(=O)N(c3cccc(OCC)c3)C2c2cccs2)cc1. The molecular weight excluding hydrogens is 438 g/mol. The number of carbonyl (C=O) groups is 2. The number of aliphatic hydroxyl groups is 1. The van der Waals surface area contributed by atoms with Crippen molar-refractivity contribution in [3.8, 4) is 11.5 Å². The smallest absolute Gasteiger partial charge is 0.300 e. The van der Waals surface area contributed by atoms with Gasteiger partial charge >= 0.3 is 0 Å². The summed E-state index contributed by atoms with van der Waals surface area (Å²) in [6, 6.07) is 16.9. The van der Waals surface area contributed by atoms with Crippen molar-refractivity contribution in [2.75, 3.05) is 18.1 Å². The van der Waals surface area contributed by atoms with Crippen molar-refractivity contribution in [3.05, 3.63) is 82.1 Å². The summed E-state index contributed by atoms with van der Waals surface area (Å²) >= 11 is 1.42. The molecule has 3 aromatic rings. The quantitative estimate of drug-likeness (QED) is 0.269. The van der Waals surface area contributed by atoms with E-state index in [1.165, 1.54) is 16.2 Å². The highest BCUT2D eigenvalue weighted by atomic mass is 32.1. The molecule has 0 saturated carbocycles. The Morgan fingerprint density at radius 1 is 1.00 bits per heavy atom. The van der Waals surface area contributed by atoms with Crippen molar-refractivity contribution >= 4 is 34.5 Å². The van der Waals surface area contributed by atoms with E-state index in [1.54, 1.807) is 48.5 Å². The number of anilines is 1. The third-order valence-corrected chi connectivity index (χ3v) is 6.19. The van der Waals surface area contributed by atoms with E-state index < -0.39 is 17.7 Å². The monoisotopic (exact) mass is 463 g/mol. The molecule has 1 unspecified atom stereocenters. The first-order valence-corrected chi connectivity index (χ1v) is 11.7. The number of thiophene rings is 1. The van der Waals surface area contributed by atoms with Gasteiger partial charge in [-0.3, -0.25) is 14.5 Å². The third kappa shape index (κ3) is 4.50. The fourth-order valence-electron chi connectivity index (χ4n) is 3.79. The lowest BCUT2D eigenvalue weighted by molar-refractivity contribution is -0.132. The van der Waals surface area contributed by atoms with E-state index >= 15 is 0 Å². The van der Waals surface area contributed by atoms with Crippen LogP contribution in [-0.2, 0) is 9.59 Å². The average Bonchev–Trinajstić information content (AvgIpc) is 3.45. The first-order chi connectivity index (χ1) is 16.0. The van der Waals surface area contributed by atoms with Gasteiger partial charge in [-0.2, -0.15) is 0 Å². The zero-order valence-corrected chi connectivity index (χ0v) is 19.3. The highest BCUT2D eigenvalue weighted by Crippen LogP contribution is 2.44. The molecule has 1 saturated heterocycles. The first kappa shape index (κ1) is 22.6. The van der Waals surface area contributed by atoms with Gasteiger partial charge in [0.1, 0.15) is 23.3 Å². The molecule has 2 aromatic carbocycles. The van der Waals surface area contributed by atoms with Crippen molar-refractivity contribution in [2.24, 2.45) is 0 Å². The van der Waals surface area contributed by atoms with Crippen LogP contribution in [0.15, 0.2) is 71.6 Å². The minimum Gasteiger partial charge on any atom is -0.507 e. The molecule has 4 rings (SSSR count). The summed E-state index contributed by atoms with van der Waals surface area (Å²) in [6.07, 6.45) is 0.885. The van der Waals surface area contributed by atoms with Crippen molar-refractivity contribution in [1.29, 1.82) is 0 Å². The maximum absolute atomic E-state index is 13.2. The molecule has 1 fully saturated rings. The summed E-state index contributed by atoms with van der Waals surface area (Å²) in [6.45, 7) is 4.97. The standard InChI is InChI=1S/C26H25NO5S/c1-3-14-32-19-12-10-17(11-13-19)24(28)22-23(21-9-6-15-33-21)27(26(30)25(22)29)18-7-5-8-20(16-18)31-4-2/h5-13,15-16,23,28H,3-4,14H2,1-2H3/b24-22-. The summed E-state index contributed by atoms with van der Waals surface area (Å²) < 4.78 is 11.2. The van der Waals surface area contributed by atoms with E-state index in [2.05, 4.69) is 0 Å². The largest absolute Gasteiger partial charge is 0.507 e. The first-order valence-electron chi connectivity index (χ1n) is 10.9. The lowest BCUT2D eigenvalue weighted by Crippen LogP contribution is -2.29. The molecule has 1 atom stereocenters. The Hall–Kier alpha value is -3.58. The number of hydrogen-bond donors (Lipinski definition) is 1. The summed E-state index contributed by atoms with van der Waals surface area (Å²) in [4.78, 5) is 28.6. The highest BCUT2D eigenvalue weighted by Gasteiger charge is 2.47. The number of carbonyl (C=O) groups excluding carboxylic acids is 2. The van der Waals surface area contributed by atoms with Gasteiger partial charge in [0.15, 0.2) is 0 Å². The van der Waals surface area contributed by atoms with E-state index in [1.807, 2.05) is 31.4 Å². The van der Waals surface area contributed by atoms with Crippen molar-refractivity contribution in [2.45, 2.75) is 26.3 Å². The van der Waals surface area contributed by atoms with Crippen molar-refractivity contribution < 1.29 is 24.2 Å². The van der Waals surface area contributed by atoms with E-state index in [0.29, 0.717) is 36.0 Å². The lowest BCUT2D eigenvalue weighted by Gasteiger charge is -2.24. The van der Waals surface area contributed by atoms with Crippen LogP contribution in [0.3, 0.4) is 0 Å². The summed E-state index contributed by atoms with van der Waals surface area (Å²) in [5.74, 6) is -0.344. The van der Waals surface area contributed by atoms with Gasteiger partial charge in [0.05, 0.1) is 18.8 Å². The fraction of sp³-hybridized carbons (Fsp3) is 0.231. The Bertz CT molecular complexity index is 1170. The molecule has 33 heavy (non-hydrogen) atoms. The van der Waals surface area contributed by atoms with Gasteiger partial charge in [0, 0.05) is 22.2 Å². The number of ketones is 1. The van der Waals surface area contributed by atoms with Crippen LogP contribution in [0.2, 0.25) is 0 Å². The van der Waals surface area contributed by atoms with E-state index in [0.717, 1.165) is 11.3 Å². The van der Waals surface area contributed by atoms with Gasteiger partial charge in [0.25, 0.3) is 11.7 Å². The maximum Gasteiger partial charge on any atom is 0.300 e. The molecule has 1 amide bonds. The minimum absolute atomic E-state index is 0.0616. The second-order valence-electron chi connectivity index (χ2n) is 7.49. The lowest BCUT2D eigenvalue weighted by atomic mass is 9.99. The Labute approximate surface area is 196 Å². The molecule has 170 valence electrons. The van der Waals surface area contributed by atoms with Crippen LogP contribution >= 0.6 is 11.3 Å². The second-order valence-corrected chi connectivity index (χ2v) is 8.47. The van der Waals surface area contributed by atoms with Crippen molar-refractivity contribution in [1.82, 2.24) is 0 Å². The topological polar surface area (TPSA) is 76.1 Å². The highest BCUT2D eigenvalue weighted by molar-refractivity contribution is 7.10. The molecule has 0 aliphatic carbocycles. The summed E-state index contributed by atoms with van der Waals surface area (Å²) in [5.41, 5.74) is 1.04. The number of nitrogens with zero attached hydrogens (tertiary/aromatic N) is 1. The minimum atomic E-state index is -0.738. The average molecular weight is 464 g/mol. The predicted octanol–water partition coefficient (Wildman–Crippen LogP) is 5.56. The Morgan fingerprint density at radius 2 is 1.79 bits per heavy atom. The van der Waals surface area contributed by atoms with Crippen LogP contribution < -0.4 is 14.4 Å². The number of aliphatic hydroxyl groups excluding tert-OH is 1. The zero-order chi connectivity index (χ0) is 23.4. The summed E-state index contributed by atoms with van der Waals surface area (Å²) in [7, 11) is 0. The van der Waals surface area contributed by atoms with Gasteiger partial charge in [-0.1, -0.05) is 19.1 Å². The molecule has 0 spiro atoms. The Balaban J connectivity index is 1.80. The predicted molar refractivity (Wildman–Crippen MR) is 129 cm³/mol. The van der Waals surface area contributed by atoms with Crippen LogP contribution in [0.5, 0.6) is 11.5 Å². The number of benzene rings is 2. The van der Waals surface area contributed by atoms with Gasteiger partial charge in [0.2, 0.25) is 0 Å². The number of ether oxygens (including phenoxy) is 2. The number of hydrogen-bond acceptors (Lipinski definition) is 6. The van der Waals surface area contributed by atoms with E-state index in [-0.39, 0.29) is 11.3 Å². The van der Waals surface area contributed by atoms with Gasteiger partial charge in [-0.05, 0) is 61.2 Å². The van der Waals surface area contributed by atoms with Crippen LogP contribution in [-0.4, -0.2) is 30.0 Å². The molecule has 6 nitrogen and oxygen atoms in total. The Morgan fingerprint density at radius 3 is 2.45 bits per heavy atom. The molecule has 0 bridgehead atoms. The number of amides is 1. The van der Waals surface area contributed by atoms with Crippen LogP contribution in [0.1, 0.15) is 36.8 Å². The summed E-state index contributed by atoms with van der Waals surface area (Å²) in [5, 5.41) is 13.0. The van der Waals surface area contributed by atoms with Crippen molar-refractivity contribution in [3.63, 3.8) is 0 Å². The number of Topliss-reactive ketones (excluding diaryl/α,β-unsaturated/α-hetero) is 1. The zero-order valence-electron chi connectivity index (χ0n) is 18.5. The number of rotatable bonds is 8. The molecule has 2 heterocycles. The van der Waals surface area contributed by atoms with Crippen LogP contribution in [0, 0.1) is 0 Å². The molecule has 1 aliphatic rings. The van der Waals surface area contributed by atoms with Gasteiger partial charge in [-0.15, -0.1) is 11.3 Å². The molecule has 1 aliphatic heterocycles. The molecule has 0 radical (unpaired) electrons. The van der Waals surface area contributed by atoms with Gasteiger partial charge in [-0.25, -0.2) is 0 Å². The normalized spacial score (nSPS) is 17.4.